The molecule has 1 atom stereocenters. The monoisotopic (exact) mass is 386 g/mol. The first-order valence-corrected chi connectivity index (χ1v) is 9.28. The van der Waals surface area contributed by atoms with E-state index in [1.807, 2.05) is 12.1 Å². The summed E-state index contributed by atoms with van der Waals surface area (Å²) in [5.74, 6) is 1.25. The van der Waals surface area contributed by atoms with Crippen molar-refractivity contribution in [3.8, 4) is 11.5 Å². The van der Waals surface area contributed by atoms with Crippen molar-refractivity contribution >= 4 is 11.6 Å². The molecular weight excluding hydrogens is 360 g/mol. The molecule has 1 saturated heterocycles. The standard InChI is InChI=1S/C20H26N4O4/c1-23-19(25)9-16(12-22-23)24-8-4-5-15(13-24)20(26)21-11-14-6-7-17(27-2)10-18(14)28-3/h6-7,9-10,12,15H,4-5,8,11,13H2,1-3H3,(H,21,26). The lowest BCUT2D eigenvalue weighted by molar-refractivity contribution is -0.125. The van der Waals surface area contributed by atoms with Gasteiger partial charge in [0.05, 0.1) is 32.0 Å². The molecule has 1 amide bonds. The number of amides is 1. The fourth-order valence-electron chi connectivity index (χ4n) is 3.38. The first-order valence-electron chi connectivity index (χ1n) is 9.28. The van der Waals surface area contributed by atoms with Crippen molar-refractivity contribution < 1.29 is 14.3 Å². The van der Waals surface area contributed by atoms with E-state index in [0.717, 1.165) is 30.6 Å². The van der Waals surface area contributed by atoms with Gasteiger partial charge in [-0.25, -0.2) is 4.68 Å². The Balaban J connectivity index is 1.63. The summed E-state index contributed by atoms with van der Waals surface area (Å²) in [7, 11) is 4.81. The summed E-state index contributed by atoms with van der Waals surface area (Å²) in [5.41, 5.74) is 1.49. The van der Waals surface area contributed by atoms with Gasteiger partial charge < -0.3 is 19.7 Å². The van der Waals surface area contributed by atoms with Gasteiger partial charge in [0.2, 0.25) is 5.91 Å². The SMILES string of the molecule is COc1ccc(CNC(=O)C2CCCN(c3cnn(C)c(=O)c3)C2)c(OC)c1. The molecule has 3 rings (SSSR count). The highest BCUT2D eigenvalue weighted by Crippen LogP contribution is 2.25. The molecular formula is C20H26N4O4. The number of aromatic nitrogens is 2. The number of aryl methyl sites for hydroxylation is 1. The molecule has 8 nitrogen and oxygen atoms in total. The molecule has 0 radical (unpaired) electrons. The number of nitrogens with zero attached hydrogens (tertiary/aromatic N) is 3. The lowest BCUT2D eigenvalue weighted by atomic mass is 9.96. The second kappa shape index (κ2) is 8.77. The number of carbonyl (C=O) groups is 1. The van der Waals surface area contributed by atoms with Gasteiger partial charge in [0, 0.05) is 44.4 Å². The number of hydrogen-bond donors (Lipinski definition) is 1. The van der Waals surface area contributed by atoms with E-state index in [4.69, 9.17) is 9.47 Å². The molecule has 8 heteroatoms. The Kier molecular flexibility index (Phi) is 6.18. The highest BCUT2D eigenvalue weighted by molar-refractivity contribution is 5.79. The molecule has 1 aliphatic heterocycles. The number of methoxy groups -OCH3 is 2. The maximum absolute atomic E-state index is 12.7. The van der Waals surface area contributed by atoms with Gasteiger partial charge in [0.25, 0.3) is 5.56 Å². The minimum absolute atomic E-state index is 0.000589. The van der Waals surface area contributed by atoms with Gasteiger partial charge in [-0.05, 0) is 25.0 Å². The highest BCUT2D eigenvalue weighted by atomic mass is 16.5. The van der Waals surface area contributed by atoms with Gasteiger partial charge in [-0.1, -0.05) is 0 Å². The van der Waals surface area contributed by atoms with Crippen LogP contribution in [0.5, 0.6) is 11.5 Å². The van der Waals surface area contributed by atoms with Crippen molar-refractivity contribution in [2.75, 3.05) is 32.2 Å². The maximum Gasteiger partial charge on any atom is 0.268 e. The van der Waals surface area contributed by atoms with E-state index in [1.165, 1.54) is 4.68 Å². The van der Waals surface area contributed by atoms with Crippen LogP contribution in [0.25, 0.3) is 0 Å². The molecule has 1 fully saturated rings. The van der Waals surface area contributed by atoms with Crippen LogP contribution in [0.2, 0.25) is 0 Å². The van der Waals surface area contributed by atoms with Crippen molar-refractivity contribution in [1.82, 2.24) is 15.1 Å². The zero-order chi connectivity index (χ0) is 20.1. The number of piperidine rings is 1. The summed E-state index contributed by atoms with van der Waals surface area (Å²) >= 11 is 0. The van der Waals surface area contributed by atoms with Gasteiger partial charge in [-0.3, -0.25) is 9.59 Å². The van der Waals surface area contributed by atoms with Crippen molar-refractivity contribution in [3.63, 3.8) is 0 Å². The van der Waals surface area contributed by atoms with E-state index in [-0.39, 0.29) is 17.4 Å². The number of carbonyl (C=O) groups excluding carboxylic acids is 1. The summed E-state index contributed by atoms with van der Waals surface area (Å²) in [6.07, 6.45) is 3.38. The quantitative estimate of drug-likeness (QED) is 0.806. The minimum Gasteiger partial charge on any atom is -0.497 e. The molecule has 0 saturated carbocycles. The summed E-state index contributed by atoms with van der Waals surface area (Å²) in [6, 6.07) is 7.09. The molecule has 0 spiro atoms. The summed E-state index contributed by atoms with van der Waals surface area (Å²) in [5, 5.41) is 7.08. The summed E-state index contributed by atoms with van der Waals surface area (Å²) < 4.78 is 11.9. The Morgan fingerprint density at radius 1 is 1.29 bits per heavy atom. The normalized spacial score (nSPS) is 16.5. The fourth-order valence-corrected chi connectivity index (χ4v) is 3.38. The number of anilines is 1. The van der Waals surface area contributed by atoms with E-state index < -0.39 is 0 Å². The van der Waals surface area contributed by atoms with E-state index in [1.54, 1.807) is 39.6 Å². The molecule has 150 valence electrons. The predicted molar refractivity (Wildman–Crippen MR) is 106 cm³/mol. The fraction of sp³-hybridized carbons (Fsp3) is 0.450. The zero-order valence-electron chi connectivity index (χ0n) is 16.5. The zero-order valence-corrected chi connectivity index (χ0v) is 16.5. The number of benzene rings is 1. The average Bonchev–Trinajstić information content (AvgIpc) is 2.73. The molecule has 2 heterocycles. The molecule has 1 unspecified atom stereocenters. The van der Waals surface area contributed by atoms with Crippen molar-refractivity contribution in [2.24, 2.45) is 13.0 Å². The molecule has 1 aliphatic rings. The summed E-state index contributed by atoms with van der Waals surface area (Å²) in [6.45, 7) is 1.77. The Bertz CT molecular complexity index is 896. The predicted octanol–water partition coefficient (Wildman–Crippen LogP) is 1.33. The number of nitrogens with one attached hydrogen (secondary N) is 1. The molecule has 1 aromatic carbocycles. The number of hydrogen-bond acceptors (Lipinski definition) is 6. The molecule has 1 N–H and O–H groups in total. The van der Waals surface area contributed by atoms with Crippen LogP contribution in [0.4, 0.5) is 5.69 Å². The first-order chi connectivity index (χ1) is 13.5. The Morgan fingerprint density at radius 3 is 2.82 bits per heavy atom. The van der Waals surface area contributed by atoms with Crippen LogP contribution < -0.4 is 25.2 Å². The molecule has 1 aromatic heterocycles. The average molecular weight is 386 g/mol. The van der Waals surface area contributed by atoms with E-state index >= 15 is 0 Å². The van der Waals surface area contributed by atoms with E-state index in [2.05, 4.69) is 15.3 Å². The van der Waals surface area contributed by atoms with Crippen LogP contribution in [0.15, 0.2) is 35.3 Å². The van der Waals surface area contributed by atoms with Crippen molar-refractivity contribution in [3.05, 3.63) is 46.4 Å². The molecule has 2 aromatic rings. The molecule has 0 bridgehead atoms. The second-order valence-corrected chi connectivity index (χ2v) is 6.86. The Hall–Kier alpha value is -3.03. The maximum atomic E-state index is 12.7. The van der Waals surface area contributed by atoms with Crippen LogP contribution in [0, 0.1) is 5.92 Å². The van der Waals surface area contributed by atoms with Crippen LogP contribution in [0.1, 0.15) is 18.4 Å². The topological polar surface area (TPSA) is 85.7 Å². The van der Waals surface area contributed by atoms with Gasteiger partial charge >= 0.3 is 0 Å². The third-order valence-corrected chi connectivity index (χ3v) is 5.06. The third kappa shape index (κ3) is 4.44. The van der Waals surface area contributed by atoms with Gasteiger partial charge in [-0.15, -0.1) is 0 Å². The van der Waals surface area contributed by atoms with Crippen LogP contribution in [0.3, 0.4) is 0 Å². The third-order valence-electron chi connectivity index (χ3n) is 5.06. The van der Waals surface area contributed by atoms with E-state index in [0.29, 0.717) is 24.6 Å². The second-order valence-electron chi connectivity index (χ2n) is 6.86. The summed E-state index contributed by atoms with van der Waals surface area (Å²) in [4.78, 5) is 26.6. The smallest absolute Gasteiger partial charge is 0.268 e. The van der Waals surface area contributed by atoms with E-state index in [9.17, 15) is 9.59 Å². The van der Waals surface area contributed by atoms with Crippen LogP contribution >= 0.6 is 0 Å². The van der Waals surface area contributed by atoms with Crippen LogP contribution in [-0.4, -0.2) is 43.0 Å². The number of ether oxygens (including phenoxy) is 2. The minimum atomic E-state index is -0.157. The Labute approximate surface area is 164 Å². The largest absolute Gasteiger partial charge is 0.497 e. The lowest BCUT2D eigenvalue weighted by Gasteiger charge is -2.33. The van der Waals surface area contributed by atoms with Gasteiger partial charge in [0.15, 0.2) is 0 Å². The van der Waals surface area contributed by atoms with Crippen molar-refractivity contribution in [2.45, 2.75) is 19.4 Å². The van der Waals surface area contributed by atoms with Crippen molar-refractivity contribution in [1.29, 1.82) is 0 Å². The highest BCUT2D eigenvalue weighted by Gasteiger charge is 2.26. The van der Waals surface area contributed by atoms with Gasteiger partial charge in [0.1, 0.15) is 11.5 Å². The Morgan fingerprint density at radius 2 is 2.11 bits per heavy atom. The lowest BCUT2D eigenvalue weighted by Crippen LogP contribution is -2.43. The molecule has 0 aliphatic carbocycles. The number of rotatable bonds is 6. The first kappa shape index (κ1) is 19.7. The molecule has 28 heavy (non-hydrogen) atoms. The van der Waals surface area contributed by atoms with Gasteiger partial charge in [-0.2, -0.15) is 5.10 Å². The van der Waals surface area contributed by atoms with Crippen LogP contribution in [-0.2, 0) is 18.4 Å².